The highest BCUT2D eigenvalue weighted by Crippen LogP contribution is 2.22. The van der Waals surface area contributed by atoms with Crippen LogP contribution in [0.1, 0.15) is 5.56 Å². The number of nitrogens with one attached hydrogen (secondary N) is 1. The summed E-state index contributed by atoms with van der Waals surface area (Å²) in [6.45, 7) is -2.97. The average Bonchev–Trinajstić information content (AvgIpc) is 2.36. The Morgan fingerprint density at radius 2 is 2.17 bits per heavy atom. The van der Waals surface area contributed by atoms with E-state index in [0.29, 0.717) is 0 Å². The molecule has 4 nitrogen and oxygen atoms in total. The molecule has 1 N–H and O–H groups in total. The van der Waals surface area contributed by atoms with E-state index in [1.807, 2.05) is 0 Å². The van der Waals surface area contributed by atoms with Gasteiger partial charge in [-0.05, 0) is 12.1 Å². The van der Waals surface area contributed by atoms with Crippen molar-refractivity contribution in [2.75, 3.05) is 7.05 Å². The first-order valence-corrected chi connectivity index (χ1v) is 4.96. The molecule has 0 aliphatic rings. The summed E-state index contributed by atoms with van der Waals surface area (Å²) in [5, 5.41) is 11.1. The van der Waals surface area contributed by atoms with Gasteiger partial charge < -0.3 is 10.1 Å². The summed E-state index contributed by atoms with van der Waals surface area (Å²) in [4.78, 5) is 11.3. The predicted molar refractivity (Wildman–Crippen MR) is 60.7 cm³/mol. The smallest absolute Gasteiger partial charge is 0.387 e. The molecule has 1 aromatic carbocycles. The fraction of sp³-hybridized carbons (Fsp3) is 0.167. The summed E-state index contributed by atoms with van der Waals surface area (Å²) in [5.74, 6) is -0.687. The van der Waals surface area contributed by atoms with Gasteiger partial charge in [0.2, 0.25) is 0 Å². The summed E-state index contributed by atoms with van der Waals surface area (Å²) < 4.78 is 28.6. The van der Waals surface area contributed by atoms with Gasteiger partial charge in [-0.2, -0.15) is 14.0 Å². The fourth-order valence-electron chi connectivity index (χ4n) is 1.24. The van der Waals surface area contributed by atoms with Crippen molar-refractivity contribution in [3.8, 4) is 11.8 Å². The predicted octanol–water partition coefficient (Wildman–Crippen LogP) is 1.94. The molecule has 0 aliphatic carbocycles. The van der Waals surface area contributed by atoms with Crippen molar-refractivity contribution in [2.24, 2.45) is 0 Å². The minimum absolute atomic E-state index is 0.0934. The second kappa shape index (κ2) is 6.35. The van der Waals surface area contributed by atoms with Crippen molar-refractivity contribution in [1.29, 1.82) is 5.26 Å². The number of nitriles is 1. The van der Waals surface area contributed by atoms with Gasteiger partial charge in [0, 0.05) is 12.6 Å². The van der Waals surface area contributed by atoms with Gasteiger partial charge in [-0.25, -0.2) is 0 Å². The molecule has 1 rings (SSSR count). The molecule has 0 aliphatic heterocycles. The van der Waals surface area contributed by atoms with E-state index in [9.17, 15) is 13.6 Å². The van der Waals surface area contributed by atoms with E-state index in [1.165, 1.54) is 31.3 Å². The van der Waals surface area contributed by atoms with Gasteiger partial charge in [-0.1, -0.05) is 18.2 Å². The van der Waals surface area contributed by atoms with E-state index in [-0.39, 0.29) is 16.9 Å². The van der Waals surface area contributed by atoms with E-state index in [0.717, 1.165) is 0 Å². The van der Waals surface area contributed by atoms with Crippen LogP contribution in [0.5, 0.6) is 5.75 Å². The molecule has 94 valence electrons. The summed E-state index contributed by atoms with van der Waals surface area (Å²) in [7, 11) is 1.37. The Bertz CT molecular complexity index is 507. The maximum Gasteiger partial charge on any atom is 0.387 e. The molecule has 0 unspecified atom stereocenters. The van der Waals surface area contributed by atoms with Gasteiger partial charge >= 0.3 is 6.61 Å². The quantitative estimate of drug-likeness (QED) is 0.658. The second-order valence-electron chi connectivity index (χ2n) is 3.17. The first kappa shape index (κ1) is 13.6. The van der Waals surface area contributed by atoms with E-state index in [2.05, 4.69) is 10.1 Å². The molecule has 0 heterocycles. The molecule has 18 heavy (non-hydrogen) atoms. The van der Waals surface area contributed by atoms with Crippen LogP contribution in [0.2, 0.25) is 0 Å². The Hall–Kier alpha value is -2.42. The van der Waals surface area contributed by atoms with Crippen LogP contribution in [0.25, 0.3) is 6.08 Å². The molecule has 0 fully saturated rings. The van der Waals surface area contributed by atoms with Crippen LogP contribution in [-0.4, -0.2) is 19.6 Å². The third kappa shape index (κ3) is 3.56. The third-order valence-corrected chi connectivity index (χ3v) is 2.03. The number of alkyl halides is 2. The standard InChI is InChI=1S/C12H10F2N2O2/c1-16-11(17)9(7-15)6-8-4-2-3-5-10(8)18-12(13)14/h2-6,12H,1H3,(H,16,17). The van der Waals surface area contributed by atoms with Crippen LogP contribution < -0.4 is 10.1 Å². The molecule has 0 saturated heterocycles. The van der Waals surface area contributed by atoms with Gasteiger partial charge in [0.25, 0.3) is 5.91 Å². The summed E-state index contributed by atoms with van der Waals surface area (Å²) in [6.07, 6.45) is 1.19. The van der Waals surface area contributed by atoms with Crippen molar-refractivity contribution < 1.29 is 18.3 Å². The molecule has 6 heteroatoms. The number of likely N-dealkylation sites (N-methyl/N-ethyl adjacent to an activating group) is 1. The van der Waals surface area contributed by atoms with Crippen LogP contribution >= 0.6 is 0 Å². The number of amides is 1. The molecule has 0 saturated carbocycles. The minimum atomic E-state index is -2.97. The monoisotopic (exact) mass is 252 g/mol. The SMILES string of the molecule is CNC(=O)C(C#N)=Cc1ccccc1OC(F)F. The largest absolute Gasteiger partial charge is 0.434 e. The maximum atomic E-state index is 12.2. The molecular formula is C12H10F2N2O2. The highest BCUT2D eigenvalue weighted by Gasteiger charge is 2.11. The van der Waals surface area contributed by atoms with E-state index >= 15 is 0 Å². The molecule has 0 bridgehead atoms. The lowest BCUT2D eigenvalue weighted by Crippen LogP contribution is -2.19. The number of ether oxygens (including phenoxy) is 1. The van der Waals surface area contributed by atoms with Crippen molar-refractivity contribution in [3.05, 3.63) is 35.4 Å². The van der Waals surface area contributed by atoms with Crippen molar-refractivity contribution in [3.63, 3.8) is 0 Å². The molecular weight excluding hydrogens is 242 g/mol. The zero-order valence-corrected chi connectivity index (χ0v) is 9.48. The van der Waals surface area contributed by atoms with Crippen molar-refractivity contribution >= 4 is 12.0 Å². The topological polar surface area (TPSA) is 62.1 Å². The van der Waals surface area contributed by atoms with Gasteiger partial charge in [0.05, 0.1) is 0 Å². The molecule has 0 spiro atoms. The fourth-order valence-corrected chi connectivity index (χ4v) is 1.24. The summed E-state index contributed by atoms with van der Waals surface area (Å²) >= 11 is 0. The number of halogens is 2. The van der Waals surface area contributed by atoms with Crippen molar-refractivity contribution in [1.82, 2.24) is 5.32 Å². The normalized spacial score (nSPS) is 10.9. The van der Waals surface area contributed by atoms with E-state index in [1.54, 1.807) is 12.1 Å². The van der Waals surface area contributed by atoms with Gasteiger partial charge in [-0.15, -0.1) is 0 Å². The number of nitrogens with zero attached hydrogens (tertiary/aromatic N) is 1. The average molecular weight is 252 g/mol. The third-order valence-electron chi connectivity index (χ3n) is 2.03. The summed E-state index contributed by atoms with van der Waals surface area (Å²) in [5.41, 5.74) is 0.0424. The van der Waals surface area contributed by atoms with Gasteiger partial charge in [-0.3, -0.25) is 4.79 Å². The van der Waals surface area contributed by atoms with Crippen LogP contribution in [0.3, 0.4) is 0 Å². The molecule has 0 aromatic heterocycles. The molecule has 1 aromatic rings. The number of carbonyl (C=O) groups is 1. The lowest BCUT2D eigenvalue weighted by atomic mass is 10.1. The molecule has 0 radical (unpaired) electrons. The number of hydrogen-bond donors (Lipinski definition) is 1. The minimum Gasteiger partial charge on any atom is -0.434 e. The maximum absolute atomic E-state index is 12.2. The number of carbonyl (C=O) groups excluding carboxylic acids is 1. The Morgan fingerprint density at radius 1 is 1.50 bits per heavy atom. The summed E-state index contributed by atoms with van der Waals surface area (Å²) in [6, 6.07) is 7.59. The van der Waals surface area contributed by atoms with E-state index in [4.69, 9.17) is 5.26 Å². The molecule has 1 amide bonds. The van der Waals surface area contributed by atoms with Crippen LogP contribution in [0, 0.1) is 11.3 Å². The first-order chi connectivity index (χ1) is 8.58. The Labute approximate surface area is 102 Å². The second-order valence-corrected chi connectivity index (χ2v) is 3.17. The van der Waals surface area contributed by atoms with Crippen LogP contribution in [0.4, 0.5) is 8.78 Å². The highest BCUT2D eigenvalue weighted by atomic mass is 19.3. The zero-order chi connectivity index (χ0) is 13.5. The van der Waals surface area contributed by atoms with Crippen molar-refractivity contribution in [2.45, 2.75) is 6.61 Å². The lowest BCUT2D eigenvalue weighted by molar-refractivity contribution is -0.116. The highest BCUT2D eigenvalue weighted by molar-refractivity contribution is 6.01. The Morgan fingerprint density at radius 3 is 2.72 bits per heavy atom. The Kier molecular flexibility index (Phi) is 4.81. The van der Waals surface area contributed by atoms with E-state index < -0.39 is 12.5 Å². The first-order valence-electron chi connectivity index (χ1n) is 4.96. The number of hydrogen-bond acceptors (Lipinski definition) is 3. The number of para-hydroxylation sites is 1. The van der Waals surface area contributed by atoms with Crippen LogP contribution in [-0.2, 0) is 4.79 Å². The molecule has 0 atom stereocenters. The lowest BCUT2D eigenvalue weighted by Gasteiger charge is -2.07. The van der Waals surface area contributed by atoms with Crippen LogP contribution in [0.15, 0.2) is 29.8 Å². The number of benzene rings is 1. The number of rotatable bonds is 4. The zero-order valence-electron chi connectivity index (χ0n) is 9.48. The van der Waals surface area contributed by atoms with Gasteiger partial charge in [0.1, 0.15) is 17.4 Å². The van der Waals surface area contributed by atoms with Gasteiger partial charge in [0.15, 0.2) is 0 Å². The Balaban J connectivity index is 3.13.